The topological polar surface area (TPSA) is 40.6 Å². The fourth-order valence-corrected chi connectivity index (χ4v) is 4.53. The molecular weight excluding hydrogens is 400 g/mol. The van der Waals surface area contributed by atoms with Crippen LogP contribution in [0.1, 0.15) is 35.4 Å². The molecule has 0 N–H and O–H groups in total. The largest absolute Gasteiger partial charge is 0.341 e. The number of carbonyl (C=O) groups excluding carboxylic acids is 2. The van der Waals surface area contributed by atoms with Gasteiger partial charge in [-0.1, -0.05) is 24.3 Å². The van der Waals surface area contributed by atoms with Crippen molar-refractivity contribution < 1.29 is 9.59 Å². The molecule has 2 aromatic rings. The van der Waals surface area contributed by atoms with Crippen LogP contribution in [-0.4, -0.2) is 28.7 Å². The monoisotopic (exact) mass is 418 g/mol. The summed E-state index contributed by atoms with van der Waals surface area (Å²) in [5.41, 5.74) is 2.07. The fraction of sp³-hybridized carbons (Fsp3) is 0.263. The molecule has 3 rings (SSSR count). The Morgan fingerprint density at radius 1 is 1.24 bits per heavy atom. The van der Waals surface area contributed by atoms with Crippen LogP contribution in [0.25, 0.3) is 6.08 Å². The molecule has 6 heteroatoms. The number of carbonyl (C=O) groups is 2. The van der Waals surface area contributed by atoms with Crippen molar-refractivity contribution >= 4 is 45.2 Å². The molecule has 2 amide bonds. The van der Waals surface area contributed by atoms with Gasteiger partial charge in [0.1, 0.15) is 0 Å². The second-order valence-corrected chi connectivity index (χ2v) is 8.59. The van der Waals surface area contributed by atoms with Crippen molar-refractivity contribution in [3.8, 4) is 0 Å². The lowest BCUT2D eigenvalue weighted by Crippen LogP contribution is -2.35. The minimum Gasteiger partial charge on any atom is -0.341 e. The number of hydrogen-bond donors (Lipinski definition) is 0. The normalized spacial score (nSPS) is 15.8. The molecule has 1 unspecified atom stereocenters. The van der Waals surface area contributed by atoms with Crippen LogP contribution in [-0.2, 0) is 16.1 Å². The van der Waals surface area contributed by atoms with E-state index >= 15 is 0 Å². The third-order valence-corrected chi connectivity index (χ3v) is 5.89. The molecular formula is C19H19BrN2O2S. The zero-order valence-corrected chi connectivity index (χ0v) is 16.5. The number of thiophene rings is 1. The van der Waals surface area contributed by atoms with E-state index < -0.39 is 0 Å². The lowest BCUT2D eigenvalue weighted by atomic mass is 9.93. The highest BCUT2D eigenvalue weighted by atomic mass is 79.9. The number of halogens is 1. The maximum absolute atomic E-state index is 12.8. The van der Waals surface area contributed by atoms with Crippen molar-refractivity contribution in [1.29, 1.82) is 0 Å². The molecule has 1 aliphatic heterocycles. The van der Waals surface area contributed by atoms with Crippen LogP contribution in [0.3, 0.4) is 0 Å². The van der Waals surface area contributed by atoms with Gasteiger partial charge >= 0.3 is 0 Å². The quantitative estimate of drug-likeness (QED) is 0.736. The molecule has 0 saturated carbocycles. The average molecular weight is 419 g/mol. The van der Waals surface area contributed by atoms with Crippen LogP contribution in [0.5, 0.6) is 0 Å². The minimum atomic E-state index is -0.260. The van der Waals surface area contributed by atoms with E-state index in [1.54, 1.807) is 34.4 Å². The number of nitrogens with zero attached hydrogens (tertiary/aromatic N) is 2. The summed E-state index contributed by atoms with van der Waals surface area (Å²) in [5.74, 6) is -0.0423. The average Bonchev–Trinajstić information content (AvgIpc) is 2.99. The third-order valence-electron chi connectivity index (χ3n) is 4.28. The van der Waals surface area contributed by atoms with Crippen LogP contribution in [0.15, 0.2) is 46.4 Å². The Hall–Kier alpha value is -1.92. The highest BCUT2D eigenvalue weighted by Gasteiger charge is 2.29. The Balaban J connectivity index is 1.77. The van der Waals surface area contributed by atoms with Gasteiger partial charge in [-0.15, -0.1) is 11.3 Å². The summed E-state index contributed by atoms with van der Waals surface area (Å²) in [4.78, 5) is 29.3. The Morgan fingerprint density at radius 2 is 2.00 bits per heavy atom. The van der Waals surface area contributed by atoms with Crippen molar-refractivity contribution in [2.24, 2.45) is 0 Å². The molecule has 2 heterocycles. The second-order valence-electron chi connectivity index (χ2n) is 6.05. The summed E-state index contributed by atoms with van der Waals surface area (Å²) in [7, 11) is 1.80. The minimum absolute atomic E-state index is 0.0193. The van der Waals surface area contributed by atoms with E-state index in [1.165, 1.54) is 6.92 Å². The van der Waals surface area contributed by atoms with Crippen LogP contribution in [0.4, 0.5) is 0 Å². The second kappa shape index (κ2) is 7.54. The third kappa shape index (κ3) is 4.02. The zero-order chi connectivity index (χ0) is 18.0. The van der Waals surface area contributed by atoms with Crippen molar-refractivity contribution in [2.75, 3.05) is 7.05 Å². The molecule has 25 heavy (non-hydrogen) atoms. The van der Waals surface area contributed by atoms with E-state index in [0.29, 0.717) is 6.54 Å². The summed E-state index contributed by atoms with van der Waals surface area (Å²) >= 11 is 5.06. The zero-order valence-electron chi connectivity index (χ0n) is 14.1. The van der Waals surface area contributed by atoms with Gasteiger partial charge in [-0.25, -0.2) is 0 Å². The first-order valence-corrected chi connectivity index (χ1v) is 9.61. The van der Waals surface area contributed by atoms with Crippen LogP contribution in [0.2, 0.25) is 0 Å². The predicted molar refractivity (Wildman–Crippen MR) is 104 cm³/mol. The van der Waals surface area contributed by atoms with E-state index in [0.717, 1.165) is 19.8 Å². The van der Waals surface area contributed by atoms with Gasteiger partial charge < -0.3 is 9.80 Å². The maximum atomic E-state index is 12.8. The first-order valence-electron chi connectivity index (χ1n) is 8.00. The van der Waals surface area contributed by atoms with Crippen LogP contribution < -0.4 is 0 Å². The summed E-state index contributed by atoms with van der Waals surface area (Å²) < 4.78 is 1.05. The molecule has 1 aromatic heterocycles. The predicted octanol–water partition coefficient (Wildman–Crippen LogP) is 4.43. The van der Waals surface area contributed by atoms with Crippen LogP contribution >= 0.6 is 27.3 Å². The number of benzene rings is 1. The molecule has 4 nitrogen and oxygen atoms in total. The maximum Gasteiger partial charge on any atom is 0.225 e. The molecule has 1 aliphatic rings. The molecule has 0 spiro atoms. The Labute approximate surface area is 159 Å². The molecule has 130 valence electrons. The summed E-state index contributed by atoms with van der Waals surface area (Å²) in [6.07, 6.45) is 3.97. The Morgan fingerprint density at radius 3 is 2.68 bits per heavy atom. The lowest BCUT2D eigenvalue weighted by Gasteiger charge is -2.33. The standard InChI is InChI=1S/C19H19BrN2O2S/c1-13(23)22-10-9-14-5-3-4-6-16(14)17(22)11-19(24)21(2)12-15-7-8-18(20)25-15/h3-10,17H,11-12H2,1-2H3. The smallest absolute Gasteiger partial charge is 0.225 e. The van der Waals surface area contributed by atoms with Crippen molar-refractivity contribution in [3.05, 3.63) is 62.4 Å². The van der Waals surface area contributed by atoms with Gasteiger partial charge in [-0.2, -0.15) is 0 Å². The molecule has 0 aliphatic carbocycles. The highest BCUT2D eigenvalue weighted by Crippen LogP contribution is 2.33. The molecule has 0 fully saturated rings. The van der Waals surface area contributed by atoms with Crippen molar-refractivity contribution in [2.45, 2.75) is 25.9 Å². The van der Waals surface area contributed by atoms with E-state index in [-0.39, 0.29) is 24.3 Å². The highest BCUT2D eigenvalue weighted by molar-refractivity contribution is 9.11. The Kier molecular flexibility index (Phi) is 5.39. The SMILES string of the molecule is CC(=O)N1C=Cc2ccccc2C1CC(=O)N(C)Cc1ccc(Br)s1. The van der Waals surface area contributed by atoms with E-state index in [2.05, 4.69) is 15.9 Å². The van der Waals surface area contributed by atoms with Crippen LogP contribution in [0, 0.1) is 0 Å². The van der Waals surface area contributed by atoms with Gasteiger partial charge in [0.25, 0.3) is 0 Å². The molecule has 1 aromatic carbocycles. The van der Waals surface area contributed by atoms with Crippen molar-refractivity contribution in [1.82, 2.24) is 9.80 Å². The van der Waals surface area contributed by atoms with E-state index in [4.69, 9.17) is 0 Å². The van der Waals surface area contributed by atoms with Gasteiger partial charge in [-0.3, -0.25) is 9.59 Å². The van der Waals surface area contributed by atoms with E-state index in [1.807, 2.05) is 42.5 Å². The molecule has 0 saturated heterocycles. The van der Waals surface area contributed by atoms with Gasteiger partial charge in [0.05, 0.1) is 22.8 Å². The lowest BCUT2D eigenvalue weighted by molar-refractivity contribution is -0.134. The van der Waals surface area contributed by atoms with Gasteiger partial charge in [0.2, 0.25) is 11.8 Å². The summed E-state index contributed by atoms with van der Waals surface area (Å²) in [5, 5.41) is 0. The molecule has 1 atom stereocenters. The number of fused-ring (bicyclic) bond motifs is 1. The number of hydrogen-bond acceptors (Lipinski definition) is 3. The molecule has 0 radical (unpaired) electrons. The van der Waals surface area contributed by atoms with Crippen molar-refractivity contribution in [3.63, 3.8) is 0 Å². The van der Waals surface area contributed by atoms with Gasteiger partial charge in [0.15, 0.2) is 0 Å². The van der Waals surface area contributed by atoms with E-state index in [9.17, 15) is 9.59 Å². The summed E-state index contributed by atoms with van der Waals surface area (Å²) in [6, 6.07) is 11.6. The van der Waals surface area contributed by atoms with Gasteiger partial charge in [-0.05, 0) is 45.3 Å². The Bertz CT molecular complexity index is 830. The first-order chi connectivity index (χ1) is 12.0. The number of amides is 2. The summed E-state index contributed by atoms with van der Waals surface area (Å²) in [6.45, 7) is 2.10. The molecule has 0 bridgehead atoms. The number of rotatable bonds is 4. The first kappa shape index (κ1) is 17.9. The fourth-order valence-electron chi connectivity index (χ4n) is 2.99. The van der Waals surface area contributed by atoms with Gasteiger partial charge in [0, 0.05) is 25.0 Å².